The molecule has 8 nitrogen and oxygen atoms in total. The molecule has 0 bridgehead atoms. The predicted octanol–water partition coefficient (Wildman–Crippen LogP) is 3.27. The Morgan fingerprint density at radius 1 is 1.03 bits per heavy atom. The van der Waals surface area contributed by atoms with E-state index in [2.05, 4.69) is 34.6 Å². The third kappa shape index (κ3) is 6.47. The molecule has 0 aromatic heterocycles. The summed E-state index contributed by atoms with van der Waals surface area (Å²) in [5, 5.41) is 6.68. The molecule has 0 saturated carbocycles. The molecule has 2 aromatic carbocycles. The van der Waals surface area contributed by atoms with Gasteiger partial charge in [0, 0.05) is 36.1 Å². The minimum Gasteiger partial charge on any atom is -0.497 e. The van der Waals surface area contributed by atoms with Gasteiger partial charge in [-0.2, -0.15) is 5.10 Å². The van der Waals surface area contributed by atoms with E-state index in [1.807, 2.05) is 18.2 Å². The molecule has 0 aliphatic rings. The maximum Gasteiger partial charge on any atom is 0.252 e. The van der Waals surface area contributed by atoms with Crippen molar-refractivity contribution in [1.29, 1.82) is 0 Å². The Labute approximate surface area is 183 Å². The number of rotatable bonds is 10. The lowest BCUT2D eigenvalue weighted by molar-refractivity contribution is -0.131. The van der Waals surface area contributed by atoms with Gasteiger partial charge in [0.15, 0.2) is 0 Å². The normalized spacial score (nSPS) is 11.6. The predicted molar refractivity (Wildman–Crippen MR) is 123 cm³/mol. The SMILES string of the molecule is CCN(CC)c1ccc(C=NNC(=O)C(C)C(=O)Nc2ccc(OC)cc2)c(OC)c1. The Morgan fingerprint density at radius 2 is 1.71 bits per heavy atom. The van der Waals surface area contributed by atoms with Crippen LogP contribution in [-0.2, 0) is 9.59 Å². The molecule has 0 aliphatic carbocycles. The van der Waals surface area contributed by atoms with E-state index in [1.165, 1.54) is 13.1 Å². The summed E-state index contributed by atoms with van der Waals surface area (Å²) in [4.78, 5) is 26.8. The number of amides is 2. The molecule has 0 aliphatic heterocycles. The lowest BCUT2D eigenvalue weighted by Gasteiger charge is -2.22. The van der Waals surface area contributed by atoms with E-state index < -0.39 is 17.7 Å². The van der Waals surface area contributed by atoms with Crippen molar-refractivity contribution in [3.63, 3.8) is 0 Å². The molecule has 0 spiro atoms. The Hall–Kier alpha value is -3.55. The van der Waals surface area contributed by atoms with Crippen LogP contribution in [0.2, 0.25) is 0 Å². The molecule has 166 valence electrons. The van der Waals surface area contributed by atoms with Gasteiger partial charge < -0.3 is 19.7 Å². The van der Waals surface area contributed by atoms with Crippen LogP contribution in [-0.4, -0.2) is 45.3 Å². The van der Waals surface area contributed by atoms with Crippen LogP contribution in [0.25, 0.3) is 0 Å². The van der Waals surface area contributed by atoms with Crippen molar-refractivity contribution < 1.29 is 19.1 Å². The number of methoxy groups -OCH3 is 2. The van der Waals surface area contributed by atoms with Crippen molar-refractivity contribution in [1.82, 2.24) is 5.43 Å². The first kappa shape index (κ1) is 23.7. The molecule has 2 rings (SSSR count). The minimum atomic E-state index is -0.925. The fourth-order valence-electron chi connectivity index (χ4n) is 2.90. The van der Waals surface area contributed by atoms with Crippen molar-refractivity contribution in [2.45, 2.75) is 20.8 Å². The number of hydrogen-bond donors (Lipinski definition) is 2. The van der Waals surface area contributed by atoms with E-state index in [0.717, 1.165) is 18.8 Å². The van der Waals surface area contributed by atoms with Crippen LogP contribution in [0.15, 0.2) is 47.6 Å². The van der Waals surface area contributed by atoms with E-state index in [1.54, 1.807) is 38.5 Å². The van der Waals surface area contributed by atoms with Gasteiger partial charge in [-0.05, 0) is 57.2 Å². The summed E-state index contributed by atoms with van der Waals surface area (Å²) in [7, 11) is 3.15. The Morgan fingerprint density at radius 3 is 2.29 bits per heavy atom. The second-order valence-electron chi connectivity index (χ2n) is 6.77. The standard InChI is InChI=1S/C23H30N4O4/c1-6-27(7-2)19-11-8-17(21(14-19)31-5)15-24-26-23(29)16(3)22(28)25-18-9-12-20(30-4)13-10-18/h8-16H,6-7H2,1-5H3,(H,25,28)(H,26,29). The molecule has 0 saturated heterocycles. The van der Waals surface area contributed by atoms with Crippen LogP contribution < -0.4 is 25.1 Å². The number of benzene rings is 2. The highest BCUT2D eigenvalue weighted by atomic mass is 16.5. The van der Waals surface area contributed by atoms with E-state index in [4.69, 9.17) is 9.47 Å². The number of carbonyl (C=O) groups is 2. The fourth-order valence-corrected chi connectivity index (χ4v) is 2.90. The number of ether oxygens (including phenoxy) is 2. The molecule has 0 heterocycles. The number of carbonyl (C=O) groups excluding carboxylic acids is 2. The lowest BCUT2D eigenvalue weighted by Crippen LogP contribution is -2.34. The summed E-state index contributed by atoms with van der Waals surface area (Å²) in [6.07, 6.45) is 1.50. The maximum atomic E-state index is 12.3. The van der Waals surface area contributed by atoms with Crippen molar-refractivity contribution in [3.8, 4) is 11.5 Å². The van der Waals surface area contributed by atoms with Crippen molar-refractivity contribution in [3.05, 3.63) is 48.0 Å². The highest BCUT2D eigenvalue weighted by Crippen LogP contribution is 2.24. The molecular weight excluding hydrogens is 396 g/mol. The molecule has 0 radical (unpaired) electrons. The topological polar surface area (TPSA) is 92.3 Å². The molecule has 1 atom stereocenters. The van der Waals surface area contributed by atoms with Crippen LogP contribution in [0.1, 0.15) is 26.3 Å². The first-order valence-corrected chi connectivity index (χ1v) is 10.1. The highest BCUT2D eigenvalue weighted by molar-refractivity contribution is 6.06. The van der Waals surface area contributed by atoms with Gasteiger partial charge >= 0.3 is 0 Å². The van der Waals surface area contributed by atoms with Gasteiger partial charge in [-0.15, -0.1) is 0 Å². The quantitative estimate of drug-likeness (QED) is 0.346. The molecule has 31 heavy (non-hydrogen) atoms. The largest absolute Gasteiger partial charge is 0.497 e. The summed E-state index contributed by atoms with van der Waals surface area (Å²) in [5.41, 5.74) is 4.75. The van der Waals surface area contributed by atoms with Gasteiger partial charge in [-0.25, -0.2) is 5.43 Å². The second-order valence-corrected chi connectivity index (χ2v) is 6.77. The van der Waals surface area contributed by atoms with E-state index in [9.17, 15) is 9.59 Å². The third-order valence-electron chi connectivity index (χ3n) is 4.87. The van der Waals surface area contributed by atoms with E-state index in [0.29, 0.717) is 22.7 Å². The van der Waals surface area contributed by atoms with Crippen molar-refractivity contribution in [2.75, 3.05) is 37.5 Å². The third-order valence-corrected chi connectivity index (χ3v) is 4.87. The zero-order chi connectivity index (χ0) is 22.8. The molecule has 2 N–H and O–H groups in total. The monoisotopic (exact) mass is 426 g/mol. The van der Waals surface area contributed by atoms with Gasteiger partial charge in [0.2, 0.25) is 5.91 Å². The zero-order valence-corrected chi connectivity index (χ0v) is 18.6. The molecule has 8 heteroatoms. The molecule has 2 amide bonds. The molecular formula is C23H30N4O4. The van der Waals surface area contributed by atoms with E-state index >= 15 is 0 Å². The number of nitrogens with one attached hydrogen (secondary N) is 2. The molecule has 0 fully saturated rings. The van der Waals surface area contributed by atoms with Crippen LogP contribution in [0, 0.1) is 5.92 Å². The van der Waals surface area contributed by atoms with E-state index in [-0.39, 0.29) is 0 Å². The van der Waals surface area contributed by atoms with Gasteiger partial charge in [-0.1, -0.05) is 0 Å². The Balaban J connectivity index is 1.97. The van der Waals surface area contributed by atoms with Gasteiger partial charge in [0.05, 0.1) is 20.4 Å². The second kappa shape index (κ2) is 11.6. The fraction of sp³-hybridized carbons (Fsp3) is 0.348. The van der Waals surface area contributed by atoms with Crippen LogP contribution in [0.5, 0.6) is 11.5 Å². The summed E-state index contributed by atoms with van der Waals surface area (Å²) < 4.78 is 10.5. The summed E-state index contributed by atoms with van der Waals surface area (Å²) in [6, 6.07) is 12.6. The summed E-state index contributed by atoms with van der Waals surface area (Å²) >= 11 is 0. The van der Waals surface area contributed by atoms with Gasteiger partial charge in [0.25, 0.3) is 5.91 Å². The average Bonchev–Trinajstić information content (AvgIpc) is 2.80. The molecule has 1 unspecified atom stereocenters. The number of anilines is 2. The summed E-state index contributed by atoms with van der Waals surface area (Å²) in [5.74, 6) is -0.544. The van der Waals surface area contributed by atoms with Gasteiger partial charge in [0.1, 0.15) is 17.4 Å². The number of hydrazone groups is 1. The van der Waals surface area contributed by atoms with Crippen LogP contribution in [0.3, 0.4) is 0 Å². The number of hydrogen-bond acceptors (Lipinski definition) is 6. The first-order chi connectivity index (χ1) is 14.9. The van der Waals surface area contributed by atoms with Gasteiger partial charge in [-0.3, -0.25) is 9.59 Å². The smallest absolute Gasteiger partial charge is 0.252 e. The minimum absolute atomic E-state index is 0.431. The number of nitrogens with zero attached hydrogens (tertiary/aromatic N) is 2. The lowest BCUT2D eigenvalue weighted by atomic mass is 10.1. The Bertz CT molecular complexity index is 908. The van der Waals surface area contributed by atoms with Crippen LogP contribution >= 0.6 is 0 Å². The van der Waals surface area contributed by atoms with Crippen molar-refractivity contribution >= 4 is 29.4 Å². The highest BCUT2D eigenvalue weighted by Gasteiger charge is 2.21. The Kier molecular flexibility index (Phi) is 8.87. The summed E-state index contributed by atoms with van der Waals surface area (Å²) in [6.45, 7) is 7.47. The maximum absolute atomic E-state index is 12.3. The average molecular weight is 427 g/mol. The molecule has 2 aromatic rings. The van der Waals surface area contributed by atoms with Crippen LogP contribution in [0.4, 0.5) is 11.4 Å². The van der Waals surface area contributed by atoms with Crippen molar-refractivity contribution in [2.24, 2.45) is 11.0 Å². The zero-order valence-electron chi connectivity index (χ0n) is 18.6. The first-order valence-electron chi connectivity index (χ1n) is 10.1.